The van der Waals surface area contributed by atoms with Crippen molar-refractivity contribution >= 4 is 11.4 Å². The summed E-state index contributed by atoms with van der Waals surface area (Å²) in [5.74, 6) is 2.31. The lowest BCUT2D eigenvalue weighted by Gasteiger charge is -2.25. The van der Waals surface area contributed by atoms with E-state index >= 15 is 0 Å². The van der Waals surface area contributed by atoms with Crippen LogP contribution in [0.5, 0.6) is 0 Å². The molecule has 0 unspecified atom stereocenters. The SMILES string of the molecule is CC(C)(NC(=O)[C@H]1[C@@H]2CNC[C@@H]21)c1ncc2ccccn12. The number of hydrogen-bond acceptors (Lipinski definition) is 3. The van der Waals surface area contributed by atoms with E-state index in [0.717, 1.165) is 24.4 Å². The highest BCUT2D eigenvalue weighted by molar-refractivity contribution is 5.83. The van der Waals surface area contributed by atoms with Crippen LogP contribution in [0.25, 0.3) is 5.52 Å². The molecule has 2 aliphatic rings. The molecule has 1 aliphatic carbocycles. The van der Waals surface area contributed by atoms with Gasteiger partial charge in [0, 0.05) is 12.1 Å². The molecule has 110 valence electrons. The van der Waals surface area contributed by atoms with Crippen molar-refractivity contribution in [3.8, 4) is 0 Å². The zero-order valence-electron chi connectivity index (χ0n) is 12.3. The Kier molecular flexibility index (Phi) is 2.63. The van der Waals surface area contributed by atoms with Gasteiger partial charge in [-0.2, -0.15) is 0 Å². The van der Waals surface area contributed by atoms with E-state index in [0.29, 0.717) is 11.8 Å². The Bertz CT molecular complexity index is 695. The lowest BCUT2D eigenvalue weighted by molar-refractivity contribution is -0.124. The number of fused-ring (bicyclic) bond motifs is 2. The molecule has 0 aromatic carbocycles. The number of nitrogens with zero attached hydrogens (tertiary/aromatic N) is 2. The highest BCUT2D eigenvalue weighted by Crippen LogP contribution is 2.49. The van der Waals surface area contributed by atoms with E-state index in [9.17, 15) is 4.79 Å². The van der Waals surface area contributed by atoms with Gasteiger partial charge in [0.1, 0.15) is 5.82 Å². The fourth-order valence-electron chi connectivity index (χ4n) is 3.66. The number of rotatable bonds is 3. The molecule has 3 heterocycles. The van der Waals surface area contributed by atoms with Gasteiger partial charge >= 0.3 is 0 Å². The molecule has 1 saturated heterocycles. The lowest BCUT2D eigenvalue weighted by Crippen LogP contribution is -2.44. The number of carbonyl (C=O) groups excluding carboxylic acids is 1. The van der Waals surface area contributed by atoms with Crippen LogP contribution in [0.4, 0.5) is 0 Å². The third-order valence-electron chi connectivity index (χ3n) is 4.83. The van der Waals surface area contributed by atoms with Crippen molar-refractivity contribution in [2.24, 2.45) is 17.8 Å². The van der Waals surface area contributed by atoms with Gasteiger partial charge in [-0.05, 0) is 50.9 Å². The number of amides is 1. The Hall–Kier alpha value is -1.88. The first-order valence-electron chi connectivity index (χ1n) is 7.53. The number of nitrogens with one attached hydrogen (secondary N) is 2. The summed E-state index contributed by atoms with van der Waals surface area (Å²) in [7, 11) is 0. The number of pyridine rings is 1. The summed E-state index contributed by atoms with van der Waals surface area (Å²) < 4.78 is 2.04. The largest absolute Gasteiger partial charge is 0.344 e. The first kappa shape index (κ1) is 12.8. The summed E-state index contributed by atoms with van der Waals surface area (Å²) in [6.07, 6.45) is 3.83. The molecule has 5 heteroatoms. The molecule has 0 spiro atoms. The van der Waals surface area contributed by atoms with Crippen LogP contribution in [0.3, 0.4) is 0 Å². The Balaban J connectivity index is 1.57. The van der Waals surface area contributed by atoms with Gasteiger partial charge in [-0.25, -0.2) is 4.98 Å². The van der Waals surface area contributed by atoms with Crippen LogP contribution in [0.15, 0.2) is 30.6 Å². The average Bonchev–Trinajstić information content (AvgIpc) is 2.82. The van der Waals surface area contributed by atoms with Gasteiger partial charge in [-0.3, -0.25) is 4.79 Å². The van der Waals surface area contributed by atoms with Gasteiger partial charge < -0.3 is 15.0 Å². The second-order valence-corrected chi connectivity index (χ2v) is 6.70. The predicted octanol–water partition coefficient (Wildman–Crippen LogP) is 1.15. The van der Waals surface area contributed by atoms with E-state index in [1.54, 1.807) is 0 Å². The molecule has 3 atom stereocenters. The van der Waals surface area contributed by atoms with Crippen LogP contribution in [0.2, 0.25) is 0 Å². The van der Waals surface area contributed by atoms with Crippen LogP contribution in [-0.2, 0) is 10.3 Å². The van der Waals surface area contributed by atoms with Crippen LogP contribution in [0, 0.1) is 17.8 Å². The van der Waals surface area contributed by atoms with Crippen molar-refractivity contribution in [1.29, 1.82) is 0 Å². The molecule has 0 radical (unpaired) electrons. The summed E-state index contributed by atoms with van der Waals surface area (Å²) in [6.45, 7) is 6.00. The minimum atomic E-state index is -0.477. The maximum Gasteiger partial charge on any atom is 0.224 e. The number of piperidine rings is 1. The summed E-state index contributed by atoms with van der Waals surface area (Å²) in [6, 6.07) is 5.99. The minimum Gasteiger partial charge on any atom is -0.344 e. The first-order valence-corrected chi connectivity index (χ1v) is 7.53. The van der Waals surface area contributed by atoms with E-state index in [-0.39, 0.29) is 11.8 Å². The van der Waals surface area contributed by atoms with Crippen molar-refractivity contribution in [2.75, 3.05) is 13.1 Å². The van der Waals surface area contributed by atoms with Crippen LogP contribution < -0.4 is 10.6 Å². The van der Waals surface area contributed by atoms with Crippen molar-refractivity contribution in [1.82, 2.24) is 20.0 Å². The highest BCUT2D eigenvalue weighted by atomic mass is 16.2. The monoisotopic (exact) mass is 284 g/mol. The first-order chi connectivity index (χ1) is 10.1. The summed E-state index contributed by atoms with van der Waals surface area (Å²) >= 11 is 0. The molecule has 0 bridgehead atoms. The van der Waals surface area contributed by atoms with Gasteiger partial charge in [-0.1, -0.05) is 6.07 Å². The Morgan fingerprint density at radius 2 is 2.14 bits per heavy atom. The number of aromatic nitrogens is 2. The fourth-order valence-corrected chi connectivity index (χ4v) is 3.66. The summed E-state index contributed by atoms with van der Waals surface area (Å²) in [4.78, 5) is 17.0. The minimum absolute atomic E-state index is 0.171. The molecule has 2 aromatic heterocycles. The molecular formula is C16H20N4O. The molecule has 4 rings (SSSR count). The Labute approximate surface area is 123 Å². The van der Waals surface area contributed by atoms with Crippen LogP contribution >= 0.6 is 0 Å². The molecular weight excluding hydrogens is 264 g/mol. The fraction of sp³-hybridized carbons (Fsp3) is 0.500. The Morgan fingerprint density at radius 1 is 1.38 bits per heavy atom. The standard InChI is InChI=1S/C16H20N4O/c1-16(2,15-18-7-10-5-3-4-6-20(10)15)19-14(21)13-11-8-17-9-12(11)13/h3-7,11-13,17H,8-9H2,1-2H3,(H,19,21)/t11-,12+,13+. The van der Waals surface area contributed by atoms with E-state index in [4.69, 9.17) is 0 Å². The maximum atomic E-state index is 12.5. The Morgan fingerprint density at radius 3 is 2.90 bits per heavy atom. The third-order valence-corrected chi connectivity index (χ3v) is 4.83. The van der Waals surface area contributed by atoms with Crippen LogP contribution in [0.1, 0.15) is 19.7 Å². The molecule has 1 saturated carbocycles. The number of imidazole rings is 1. The quantitative estimate of drug-likeness (QED) is 0.889. The summed E-state index contributed by atoms with van der Waals surface area (Å²) in [5, 5.41) is 6.52. The van der Waals surface area contributed by atoms with Gasteiger partial charge in [0.05, 0.1) is 17.3 Å². The van der Waals surface area contributed by atoms with Crippen molar-refractivity contribution < 1.29 is 4.79 Å². The highest BCUT2D eigenvalue weighted by Gasteiger charge is 2.57. The maximum absolute atomic E-state index is 12.5. The molecule has 1 amide bonds. The topological polar surface area (TPSA) is 58.4 Å². The van der Waals surface area contributed by atoms with Crippen LogP contribution in [-0.4, -0.2) is 28.4 Å². The van der Waals surface area contributed by atoms with Gasteiger partial charge in [-0.15, -0.1) is 0 Å². The molecule has 5 nitrogen and oxygen atoms in total. The van der Waals surface area contributed by atoms with E-state index in [1.807, 2.05) is 48.8 Å². The second kappa shape index (κ2) is 4.31. The van der Waals surface area contributed by atoms with Gasteiger partial charge in [0.15, 0.2) is 0 Å². The third kappa shape index (κ3) is 1.95. The van der Waals surface area contributed by atoms with E-state index in [2.05, 4.69) is 15.6 Å². The molecule has 1 aliphatic heterocycles. The predicted molar refractivity (Wildman–Crippen MR) is 79.7 cm³/mol. The number of carbonyl (C=O) groups is 1. The summed E-state index contributed by atoms with van der Waals surface area (Å²) in [5.41, 5.74) is 0.567. The zero-order chi connectivity index (χ0) is 14.6. The second-order valence-electron chi connectivity index (χ2n) is 6.70. The van der Waals surface area contributed by atoms with Crippen molar-refractivity contribution in [2.45, 2.75) is 19.4 Å². The van der Waals surface area contributed by atoms with E-state index in [1.165, 1.54) is 0 Å². The lowest BCUT2D eigenvalue weighted by atomic mass is 10.0. The zero-order valence-corrected chi connectivity index (χ0v) is 12.3. The number of hydrogen-bond donors (Lipinski definition) is 2. The molecule has 21 heavy (non-hydrogen) atoms. The molecule has 2 aromatic rings. The van der Waals surface area contributed by atoms with E-state index < -0.39 is 5.54 Å². The molecule has 2 N–H and O–H groups in total. The normalized spacial score (nSPS) is 27.6. The molecule has 2 fully saturated rings. The van der Waals surface area contributed by atoms with Crippen molar-refractivity contribution in [3.05, 3.63) is 36.4 Å². The van der Waals surface area contributed by atoms with Gasteiger partial charge in [0.2, 0.25) is 5.91 Å². The smallest absolute Gasteiger partial charge is 0.224 e. The van der Waals surface area contributed by atoms with Gasteiger partial charge in [0.25, 0.3) is 0 Å². The van der Waals surface area contributed by atoms with Crippen molar-refractivity contribution in [3.63, 3.8) is 0 Å². The average molecular weight is 284 g/mol.